The molecule has 2 unspecified atom stereocenters. The summed E-state index contributed by atoms with van der Waals surface area (Å²) in [4.78, 5) is 12.8. The van der Waals surface area contributed by atoms with Gasteiger partial charge < -0.3 is 11.1 Å². The summed E-state index contributed by atoms with van der Waals surface area (Å²) in [5, 5.41) is 2.96. The van der Waals surface area contributed by atoms with Crippen LogP contribution in [0.3, 0.4) is 0 Å². The Morgan fingerprint density at radius 2 is 2.28 bits per heavy atom. The van der Waals surface area contributed by atoms with E-state index in [1.807, 2.05) is 6.92 Å². The maximum absolute atomic E-state index is 11.7. The third-order valence-corrected chi connectivity index (χ3v) is 4.59. The molecule has 1 aromatic rings. The summed E-state index contributed by atoms with van der Waals surface area (Å²) in [6, 6.07) is 6.34. The van der Waals surface area contributed by atoms with Gasteiger partial charge in [0.1, 0.15) is 0 Å². The van der Waals surface area contributed by atoms with Crippen LogP contribution < -0.4 is 11.1 Å². The largest absolute Gasteiger partial charge is 0.330 e. The van der Waals surface area contributed by atoms with Gasteiger partial charge in [-0.2, -0.15) is 0 Å². The Labute approximate surface area is 113 Å². The number of thioether (sulfide) groups is 1. The fraction of sp³-hybridized carbons (Fsp3) is 0.500. The number of hydrogen-bond donors (Lipinski definition) is 2. The molecule has 98 valence electrons. The first-order valence-corrected chi connectivity index (χ1v) is 7.32. The van der Waals surface area contributed by atoms with Crippen LogP contribution in [-0.2, 0) is 11.2 Å². The first kappa shape index (κ1) is 13.4. The van der Waals surface area contributed by atoms with E-state index >= 15 is 0 Å². The molecule has 0 saturated carbocycles. The highest BCUT2D eigenvalue weighted by molar-refractivity contribution is 8.00. The van der Waals surface area contributed by atoms with Gasteiger partial charge in [0.15, 0.2) is 0 Å². The quantitative estimate of drug-likeness (QED) is 0.879. The van der Waals surface area contributed by atoms with Gasteiger partial charge in [-0.3, -0.25) is 4.79 Å². The third kappa shape index (κ3) is 2.87. The Bertz CT molecular complexity index is 443. The molecule has 1 aliphatic heterocycles. The van der Waals surface area contributed by atoms with E-state index in [1.165, 1.54) is 5.56 Å². The minimum atomic E-state index is -0.00391. The van der Waals surface area contributed by atoms with Gasteiger partial charge in [-0.1, -0.05) is 19.4 Å². The van der Waals surface area contributed by atoms with Gasteiger partial charge in [0.2, 0.25) is 5.91 Å². The highest BCUT2D eigenvalue weighted by atomic mass is 32.2. The standard InChI is InChI=1S/C14H20N2OS/c1-3-10(8-15)6-11-4-5-13-12(7-11)16-14(17)9(2)18-13/h4-5,7,9-10H,3,6,8,15H2,1-2H3,(H,16,17). The summed E-state index contributed by atoms with van der Waals surface area (Å²) < 4.78 is 0. The minimum absolute atomic E-state index is 0.00391. The molecular weight excluding hydrogens is 244 g/mol. The number of amides is 1. The zero-order valence-electron chi connectivity index (χ0n) is 10.9. The molecule has 0 aliphatic carbocycles. The van der Waals surface area contributed by atoms with Gasteiger partial charge >= 0.3 is 0 Å². The molecule has 0 bridgehead atoms. The van der Waals surface area contributed by atoms with Crippen LogP contribution in [0.1, 0.15) is 25.8 Å². The van der Waals surface area contributed by atoms with E-state index in [-0.39, 0.29) is 11.2 Å². The van der Waals surface area contributed by atoms with Crippen LogP contribution in [0.4, 0.5) is 5.69 Å². The molecule has 0 saturated heterocycles. The van der Waals surface area contributed by atoms with Crippen molar-refractivity contribution in [2.75, 3.05) is 11.9 Å². The van der Waals surface area contributed by atoms with Gasteiger partial charge in [-0.05, 0) is 43.5 Å². The number of nitrogens with one attached hydrogen (secondary N) is 1. The molecule has 0 radical (unpaired) electrons. The van der Waals surface area contributed by atoms with Crippen molar-refractivity contribution in [2.45, 2.75) is 36.8 Å². The molecule has 18 heavy (non-hydrogen) atoms. The number of hydrogen-bond acceptors (Lipinski definition) is 3. The summed E-state index contributed by atoms with van der Waals surface area (Å²) >= 11 is 1.62. The number of carbonyl (C=O) groups excluding carboxylic acids is 1. The van der Waals surface area contributed by atoms with Gasteiger partial charge in [0.05, 0.1) is 10.9 Å². The van der Waals surface area contributed by atoms with Crippen LogP contribution in [0.2, 0.25) is 0 Å². The van der Waals surface area contributed by atoms with E-state index in [0.29, 0.717) is 12.5 Å². The van der Waals surface area contributed by atoms with Crippen LogP contribution in [0.15, 0.2) is 23.1 Å². The van der Waals surface area contributed by atoms with Crippen LogP contribution in [0, 0.1) is 5.92 Å². The molecule has 3 nitrogen and oxygen atoms in total. The number of anilines is 1. The lowest BCUT2D eigenvalue weighted by molar-refractivity contribution is -0.115. The topological polar surface area (TPSA) is 55.1 Å². The Hall–Kier alpha value is -1.000. The predicted octanol–water partition coefficient (Wildman–Crippen LogP) is 2.65. The summed E-state index contributed by atoms with van der Waals surface area (Å²) in [6.45, 7) is 4.80. The summed E-state index contributed by atoms with van der Waals surface area (Å²) in [6.07, 6.45) is 2.07. The zero-order chi connectivity index (χ0) is 13.1. The van der Waals surface area contributed by atoms with Crippen LogP contribution in [0.25, 0.3) is 0 Å². The molecule has 0 aromatic heterocycles. The van der Waals surface area contributed by atoms with Crippen molar-refractivity contribution in [1.29, 1.82) is 0 Å². The Balaban J connectivity index is 2.17. The molecule has 4 heteroatoms. The second-order valence-electron chi connectivity index (χ2n) is 4.79. The molecular formula is C14H20N2OS. The van der Waals surface area contributed by atoms with Crippen molar-refractivity contribution in [2.24, 2.45) is 11.7 Å². The number of rotatable bonds is 4. The zero-order valence-corrected chi connectivity index (χ0v) is 11.7. The Morgan fingerprint density at radius 3 is 2.94 bits per heavy atom. The normalized spacial score (nSPS) is 20.2. The van der Waals surface area contributed by atoms with Crippen molar-refractivity contribution in [3.63, 3.8) is 0 Å². The Morgan fingerprint density at radius 1 is 1.50 bits per heavy atom. The molecule has 2 rings (SSSR count). The fourth-order valence-electron chi connectivity index (χ4n) is 2.11. The van der Waals surface area contributed by atoms with Crippen molar-refractivity contribution >= 4 is 23.4 Å². The lowest BCUT2D eigenvalue weighted by Gasteiger charge is -2.22. The maximum Gasteiger partial charge on any atom is 0.237 e. The highest BCUT2D eigenvalue weighted by Gasteiger charge is 2.23. The van der Waals surface area contributed by atoms with Crippen molar-refractivity contribution < 1.29 is 4.79 Å². The molecule has 1 aliphatic rings. The second kappa shape index (κ2) is 5.76. The van der Waals surface area contributed by atoms with Gasteiger partial charge in [-0.25, -0.2) is 0 Å². The number of fused-ring (bicyclic) bond motifs is 1. The van der Waals surface area contributed by atoms with E-state index in [0.717, 1.165) is 23.4 Å². The van der Waals surface area contributed by atoms with E-state index in [9.17, 15) is 4.79 Å². The summed E-state index contributed by atoms with van der Waals surface area (Å²) in [5.74, 6) is 0.615. The van der Waals surface area contributed by atoms with Crippen LogP contribution in [-0.4, -0.2) is 17.7 Å². The second-order valence-corrected chi connectivity index (χ2v) is 6.18. The number of benzene rings is 1. The average molecular weight is 264 g/mol. The molecule has 0 spiro atoms. The van der Waals surface area contributed by atoms with Crippen molar-refractivity contribution in [1.82, 2.24) is 0 Å². The SMILES string of the molecule is CCC(CN)Cc1ccc2c(c1)NC(=O)C(C)S2. The third-order valence-electron chi connectivity index (χ3n) is 3.41. The smallest absolute Gasteiger partial charge is 0.237 e. The monoisotopic (exact) mass is 264 g/mol. The Kier molecular flexibility index (Phi) is 4.30. The molecule has 1 heterocycles. The molecule has 2 atom stereocenters. The van der Waals surface area contributed by atoms with Gasteiger partial charge in [0, 0.05) is 4.90 Å². The fourth-order valence-corrected chi connectivity index (χ4v) is 3.04. The summed E-state index contributed by atoms with van der Waals surface area (Å²) in [5.41, 5.74) is 7.94. The predicted molar refractivity (Wildman–Crippen MR) is 76.9 cm³/mol. The van der Waals surface area contributed by atoms with E-state index in [2.05, 4.69) is 30.4 Å². The van der Waals surface area contributed by atoms with E-state index in [1.54, 1.807) is 11.8 Å². The molecule has 1 amide bonds. The summed E-state index contributed by atoms with van der Waals surface area (Å²) in [7, 11) is 0. The first-order chi connectivity index (χ1) is 8.63. The van der Waals surface area contributed by atoms with Gasteiger partial charge in [0.25, 0.3) is 0 Å². The van der Waals surface area contributed by atoms with Crippen molar-refractivity contribution in [3.05, 3.63) is 23.8 Å². The minimum Gasteiger partial charge on any atom is -0.330 e. The number of carbonyl (C=O) groups is 1. The number of nitrogens with two attached hydrogens (primary N) is 1. The average Bonchev–Trinajstić information content (AvgIpc) is 2.37. The van der Waals surface area contributed by atoms with Gasteiger partial charge in [-0.15, -0.1) is 11.8 Å². The molecule has 1 aromatic carbocycles. The first-order valence-electron chi connectivity index (χ1n) is 6.44. The lowest BCUT2D eigenvalue weighted by atomic mass is 9.97. The van der Waals surface area contributed by atoms with Crippen LogP contribution >= 0.6 is 11.8 Å². The van der Waals surface area contributed by atoms with E-state index in [4.69, 9.17) is 5.73 Å². The maximum atomic E-state index is 11.7. The molecule has 3 N–H and O–H groups in total. The van der Waals surface area contributed by atoms with Crippen LogP contribution in [0.5, 0.6) is 0 Å². The lowest BCUT2D eigenvalue weighted by Crippen LogP contribution is -2.26. The highest BCUT2D eigenvalue weighted by Crippen LogP contribution is 2.36. The molecule has 0 fully saturated rings. The van der Waals surface area contributed by atoms with Crippen molar-refractivity contribution in [3.8, 4) is 0 Å². The van der Waals surface area contributed by atoms with E-state index < -0.39 is 0 Å².